The number of rotatable bonds is 3. The Morgan fingerprint density at radius 1 is 1.47 bits per heavy atom. The van der Waals surface area contributed by atoms with Gasteiger partial charge in [0.2, 0.25) is 0 Å². The minimum atomic E-state index is -1.24. The highest BCUT2D eigenvalue weighted by Crippen LogP contribution is 2.14. The van der Waals surface area contributed by atoms with Crippen molar-refractivity contribution in [3.8, 4) is 0 Å². The molecule has 0 saturated carbocycles. The van der Waals surface area contributed by atoms with Crippen LogP contribution < -0.4 is 5.43 Å². The molecule has 1 rings (SSSR count). The lowest BCUT2D eigenvalue weighted by Gasteiger charge is -2.02. The van der Waals surface area contributed by atoms with E-state index in [2.05, 4.69) is 10.5 Å². The molecule has 0 bridgehead atoms. The van der Waals surface area contributed by atoms with Gasteiger partial charge in [0.1, 0.15) is 17.3 Å². The number of hydrazone groups is 1. The molecule has 0 aliphatic rings. The molecule has 4 nitrogen and oxygen atoms in total. The maximum Gasteiger partial charge on any atom is 0.351 e. The zero-order valence-corrected chi connectivity index (χ0v) is 7.79. The molecule has 80 valence electrons. The zero-order chi connectivity index (χ0) is 11.4. The molecule has 0 spiro atoms. The molecule has 0 atom stereocenters. The smallest absolute Gasteiger partial charge is 0.351 e. The number of carbonyl (C=O) groups is 1. The Balaban J connectivity index is 2.86. The van der Waals surface area contributed by atoms with Gasteiger partial charge in [-0.2, -0.15) is 5.10 Å². The lowest BCUT2D eigenvalue weighted by molar-refractivity contribution is -0.129. The number of benzene rings is 1. The Hall–Kier alpha value is -1.98. The van der Waals surface area contributed by atoms with E-state index in [4.69, 9.17) is 5.11 Å². The molecule has 0 aliphatic carbocycles. The molecule has 1 aromatic carbocycles. The van der Waals surface area contributed by atoms with Crippen LogP contribution in [-0.2, 0) is 4.79 Å². The van der Waals surface area contributed by atoms with Crippen molar-refractivity contribution in [2.24, 2.45) is 5.10 Å². The van der Waals surface area contributed by atoms with Crippen molar-refractivity contribution in [1.29, 1.82) is 0 Å². The van der Waals surface area contributed by atoms with Gasteiger partial charge in [0.25, 0.3) is 0 Å². The number of hydrogen-bond acceptors (Lipinski definition) is 3. The Bertz CT molecular complexity index is 419. The monoisotopic (exact) mass is 214 g/mol. The van der Waals surface area contributed by atoms with E-state index in [1.54, 1.807) is 0 Å². The lowest BCUT2D eigenvalue weighted by Crippen LogP contribution is -2.10. The van der Waals surface area contributed by atoms with E-state index in [1.807, 2.05) is 0 Å². The molecule has 0 radical (unpaired) electrons. The summed E-state index contributed by atoms with van der Waals surface area (Å²) >= 11 is 0. The molecule has 0 saturated heterocycles. The molecule has 0 unspecified atom stereocenters. The van der Waals surface area contributed by atoms with Crippen molar-refractivity contribution in [1.82, 2.24) is 0 Å². The van der Waals surface area contributed by atoms with E-state index in [1.165, 1.54) is 6.92 Å². The van der Waals surface area contributed by atoms with Crippen molar-refractivity contribution in [2.45, 2.75) is 6.92 Å². The molecule has 0 heterocycles. The SMILES string of the molecule is C/C(=N/Nc1cc(F)ccc1F)C(=O)O. The number of aliphatic carboxylic acids is 1. The highest BCUT2D eigenvalue weighted by atomic mass is 19.1. The van der Waals surface area contributed by atoms with Crippen LogP contribution in [0.5, 0.6) is 0 Å². The van der Waals surface area contributed by atoms with Crippen LogP contribution in [0.25, 0.3) is 0 Å². The Kier molecular flexibility index (Phi) is 3.33. The molecular formula is C9H8F2N2O2. The van der Waals surface area contributed by atoms with Gasteiger partial charge in [0, 0.05) is 6.07 Å². The van der Waals surface area contributed by atoms with Gasteiger partial charge >= 0.3 is 5.97 Å². The summed E-state index contributed by atoms with van der Waals surface area (Å²) in [4.78, 5) is 10.3. The molecule has 2 N–H and O–H groups in total. The van der Waals surface area contributed by atoms with E-state index >= 15 is 0 Å². The van der Waals surface area contributed by atoms with Gasteiger partial charge < -0.3 is 5.11 Å². The molecular weight excluding hydrogens is 206 g/mol. The Morgan fingerprint density at radius 2 is 2.13 bits per heavy atom. The number of hydrogen-bond donors (Lipinski definition) is 2. The molecule has 1 aromatic rings. The second kappa shape index (κ2) is 4.50. The van der Waals surface area contributed by atoms with Crippen LogP contribution in [-0.4, -0.2) is 16.8 Å². The molecule has 15 heavy (non-hydrogen) atoms. The fourth-order valence-electron chi connectivity index (χ4n) is 0.775. The number of carboxylic acids is 1. The minimum absolute atomic E-state index is 0.212. The molecule has 6 heteroatoms. The van der Waals surface area contributed by atoms with Gasteiger partial charge in [-0.25, -0.2) is 13.6 Å². The van der Waals surface area contributed by atoms with Crippen LogP contribution in [0.4, 0.5) is 14.5 Å². The first-order valence-corrected chi connectivity index (χ1v) is 3.99. The third-order valence-corrected chi connectivity index (χ3v) is 1.58. The van der Waals surface area contributed by atoms with Crippen LogP contribution in [0.1, 0.15) is 6.92 Å². The van der Waals surface area contributed by atoms with Crippen molar-refractivity contribution in [3.05, 3.63) is 29.8 Å². The summed E-state index contributed by atoms with van der Waals surface area (Å²) in [6.45, 7) is 1.23. The van der Waals surface area contributed by atoms with Crippen LogP contribution >= 0.6 is 0 Å². The predicted octanol–water partition coefficient (Wildman–Crippen LogP) is 1.84. The molecule has 0 amide bonds. The number of anilines is 1. The van der Waals surface area contributed by atoms with Crippen LogP contribution in [0.2, 0.25) is 0 Å². The van der Waals surface area contributed by atoms with Gasteiger partial charge in [0.05, 0.1) is 5.69 Å². The topological polar surface area (TPSA) is 61.7 Å². The second-order valence-electron chi connectivity index (χ2n) is 2.74. The summed E-state index contributed by atoms with van der Waals surface area (Å²) in [5, 5.41) is 11.8. The average molecular weight is 214 g/mol. The Morgan fingerprint density at radius 3 is 2.73 bits per heavy atom. The minimum Gasteiger partial charge on any atom is -0.477 e. The number of carboxylic acid groups (broad SMARTS) is 1. The summed E-state index contributed by atoms with van der Waals surface area (Å²) in [5.41, 5.74) is 1.66. The highest BCUT2D eigenvalue weighted by Gasteiger charge is 2.04. The number of nitrogens with zero attached hydrogens (tertiary/aromatic N) is 1. The maximum atomic E-state index is 13.0. The van der Waals surface area contributed by atoms with Crippen molar-refractivity contribution in [3.63, 3.8) is 0 Å². The first kappa shape index (κ1) is 11.1. The van der Waals surface area contributed by atoms with E-state index < -0.39 is 17.6 Å². The number of nitrogens with one attached hydrogen (secondary N) is 1. The predicted molar refractivity (Wildman–Crippen MR) is 50.7 cm³/mol. The summed E-state index contributed by atoms with van der Waals surface area (Å²) in [6, 6.07) is 2.76. The van der Waals surface area contributed by atoms with Gasteiger partial charge in [0.15, 0.2) is 0 Å². The van der Waals surface area contributed by atoms with Crippen molar-refractivity contribution in [2.75, 3.05) is 5.43 Å². The first-order valence-electron chi connectivity index (χ1n) is 3.99. The van der Waals surface area contributed by atoms with E-state index in [0.29, 0.717) is 0 Å². The zero-order valence-electron chi connectivity index (χ0n) is 7.79. The second-order valence-corrected chi connectivity index (χ2v) is 2.74. The maximum absolute atomic E-state index is 13.0. The van der Waals surface area contributed by atoms with Gasteiger partial charge in [-0.15, -0.1) is 0 Å². The third-order valence-electron chi connectivity index (χ3n) is 1.58. The fourth-order valence-corrected chi connectivity index (χ4v) is 0.775. The quantitative estimate of drug-likeness (QED) is 0.596. The summed E-state index contributed by atoms with van der Waals surface area (Å²) in [6.07, 6.45) is 0. The standard InChI is InChI=1S/C9H8F2N2O2/c1-5(9(14)15)12-13-8-4-6(10)2-3-7(8)11/h2-4,13H,1H3,(H,14,15)/b12-5-. The first-order chi connectivity index (χ1) is 7.00. The summed E-state index contributed by atoms with van der Waals surface area (Å²) in [7, 11) is 0. The van der Waals surface area contributed by atoms with Crippen LogP contribution in [0.3, 0.4) is 0 Å². The molecule has 0 aliphatic heterocycles. The average Bonchev–Trinajstić information content (AvgIpc) is 2.18. The van der Waals surface area contributed by atoms with Crippen molar-refractivity contribution < 1.29 is 18.7 Å². The van der Waals surface area contributed by atoms with E-state index in [9.17, 15) is 13.6 Å². The van der Waals surface area contributed by atoms with Gasteiger partial charge in [-0.1, -0.05) is 0 Å². The third kappa shape index (κ3) is 3.01. The number of halogens is 2. The Labute approximate surface area is 84.2 Å². The normalized spacial score (nSPS) is 11.3. The van der Waals surface area contributed by atoms with Crippen LogP contribution in [0.15, 0.2) is 23.3 Å². The molecule has 0 aromatic heterocycles. The summed E-state index contributed by atoms with van der Waals surface area (Å²) < 4.78 is 25.6. The van der Waals surface area contributed by atoms with Gasteiger partial charge in [-0.3, -0.25) is 5.43 Å². The molecule has 0 fully saturated rings. The van der Waals surface area contributed by atoms with Gasteiger partial charge in [-0.05, 0) is 19.1 Å². The van der Waals surface area contributed by atoms with Crippen molar-refractivity contribution >= 4 is 17.4 Å². The van der Waals surface area contributed by atoms with E-state index in [-0.39, 0.29) is 11.4 Å². The highest BCUT2D eigenvalue weighted by molar-refractivity contribution is 6.34. The summed E-state index contributed by atoms with van der Waals surface area (Å²) in [5.74, 6) is -2.58. The fraction of sp³-hybridized carbons (Fsp3) is 0.111. The largest absolute Gasteiger partial charge is 0.477 e. The lowest BCUT2D eigenvalue weighted by atomic mass is 10.3. The van der Waals surface area contributed by atoms with Crippen LogP contribution in [0, 0.1) is 11.6 Å². The van der Waals surface area contributed by atoms with E-state index in [0.717, 1.165) is 18.2 Å².